The van der Waals surface area contributed by atoms with E-state index in [2.05, 4.69) is 13.8 Å². The standard InChI is InChI=1S/C30H46N2O4/c1-18(2)26(31)27(34)32(5)21-10-13-28(3)20(16-21)7-8-24-23(28)11-14-29(4)22(12-15-30(24,29)35)19-6-9-25(33)36-17-19/h6,9,17-18,20-24,26,35H,7-8,10-16,31H2,1-5H3/t20-,21+,22-,23+,24-,26+,28+,29-,30+/m1/s1. The third-order valence-electron chi connectivity index (χ3n) is 11.8. The van der Waals surface area contributed by atoms with Crippen LogP contribution in [0.3, 0.4) is 0 Å². The summed E-state index contributed by atoms with van der Waals surface area (Å²) in [6.45, 7) is 8.79. The van der Waals surface area contributed by atoms with Crippen molar-refractivity contribution in [3.05, 3.63) is 34.4 Å². The van der Waals surface area contributed by atoms with Crippen LogP contribution >= 0.6 is 0 Å². The highest BCUT2D eigenvalue weighted by Gasteiger charge is 2.67. The summed E-state index contributed by atoms with van der Waals surface area (Å²) in [5.74, 6) is 1.84. The normalized spacial score (nSPS) is 42.8. The number of fused-ring (bicyclic) bond motifs is 5. The van der Waals surface area contributed by atoms with Crippen molar-refractivity contribution in [2.24, 2.45) is 40.2 Å². The van der Waals surface area contributed by atoms with Crippen LogP contribution < -0.4 is 11.4 Å². The van der Waals surface area contributed by atoms with Crippen molar-refractivity contribution in [2.75, 3.05) is 7.05 Å². The Kier molecular flexibility index (Phi) is 6.47. The Morgan fingerprint density at radius 2 is 1.83 bits per heavy atom. The molecule has 6 heteroatoms. The molecule has 6 nitrogen and oxygen atoms in total. The Labute approximate surface area is 216 Å². The molecule has 3 N–H and O–H groups in total. The van der Waals surface area contributed by atoms with Gasteiger partial charge in [0, 0.05) is 24.6 Å². The fourth-order valence-corrected chi connectivity index (χ4v) is 9.36. The van der Waals surface area contributed by atoms with Crippen molar-refractivity contribution in [1.82, 2.24) is 4.90 Å². The largest absolute Gasteiger partial charge is 0.431 e. The molecule has 36 heavy (non-hydrogen) atoms. The van der Waals surface area contributed by atoms with Crippen molar-refractivity contribution in [2.45, 2.75) is 109 Å². The number of hydrogen-bond acceptors (Lipinski definition) is 5. The molecule has 0 aromatic carbocycles. The summed E-state index contributed by atoms with van der Waals surface area (Å²) in [6, 6.07) is 3.25. The molecule has 4 aliphatic carbocycles. The van der Waals surface area contributed by atoms with Gasteiger partial charge in [-0.15, -0.1) is 0 Å². The molecule has 0 bridgehead atoms. The van der Waals surface area contributed by atoms with E-state index in [1.807, 2.05) is 31.9 Å². The molecule has 4 fully saturated rings. The van der Waals surface area contributed by atoms with Crippen LogP contribution in [0, 0.1) is 34.5 Å². The Hall–Kier alpha value is -1.66. The van der Waals surface area contributed by atoms with Gasteiger partial charge in [-0.05, 0) is 104 Å². The quantitative estimate of drug-likeness (QED) is 0.628. The van der Waals surface area contributed by atoms with E-state index in [0.717, 1.165) is 63.4 Å². The highest BCUT2D eigenvalue weighted by atomic mass is 16.4. The molecule has 1 aromatic rings. The predicted octanol–water partition coefficient (Wildman–Crippen LogP) is 4.69. The molecular weight excluding hydrogens is 452 g/mol. The predicted molar refractivity (Wildman–Crippen MR) is 140 cm³/mol. The minimum atomic E-state index is -0.682. The minimum Gasteiger partial charge on any atom is -0.431 e. The molecule has 200 valence electrons. The Balaban J connectivity index is 1.35. The average Bonchev–Trinajstić information content (AvgIpc) is 3.13. The van der Waals surface area contributed by atoms with E-state index in [1.54, 1.807) is 6.26 Å². The molecule has 4 saturated carbocycles. The van der Waals surface area contributed by atoms with E-state index in [0.29, 0.717) is 17.8 Å². The minimum absolute atomic E-state index is 0.0729. The number of nitrogens with zero attached hydrogens (tertiary/aromatic N) is 1. The zero-order valence-electron chi connectivity index (χ0n) is 22.8. The summed E-state index contributed by atoms with van der Waals surface area (Å²) in [5.41, 5.74) is 6.27. The first-order valence-corrected chi connectivity index (χ1v) is 14.3. The smallest absolute Gasteiger partial charge is 0.335 e. The molecule has 0 saturated heterocycles. The van der Waals surface area contributed by atoms with Gasteiger partial charge in [0.15, 0.2) is 0 Å². The Bertz CT molecular complexity index is 1030. The molecule has 1 amide bonds. The number of nitrogens with two attached hydrogens (primary N) is 1. The van der Waals surface area contributed by atoms with E-state index in [9.17, 15) is 14.7 Å². The van der Waals surface area contributed by atoms with Crippen LogP contribution in [0.15, 0.2) is 27.6 Å². The number of aliphatic hydroxyl groups is 1. The molecule has 0 aliphatic heterocycles. The van der Waals surface area contributed by atoms with Crippen LogP contribution in [0.2, 0.25) is 0 Å². The van der Waals surface area contributed by atoms with E-state index in [4.69, 9.17) is 10.2 Å². The van der Waals surface area contributed by atoms with Crippen LogP contribution in [0.25, 0.3) is 0 Å². The maximum atomic E-state index is 13.0. The van der Waals surface area contributed by atoms with Crippen molar-refractivity contribution in [1.29, 1.82) is 0 Å². The summed E-state index contributed by atoms with van der Waals surface area (Å²) in [5, 5.41) is 12.4. The highest BCUT2D eigenvalue weighted by molar-refractivity contribution is 5.82. The first-order valence-electron chi connectivity index (χ1n) is 14.3. The zero-order valence-corrected chi connectivity index (χ0v) is 22.8. The van der Waals surface area contributed by atoms with Gasteiger partial charge in [-0.2, -0.15) is 0 Å². The third kappa shape index (κ3) is 3.73. The van der Waals surface area contributed by atoms with E-state index in [1.165, 1.54) is 6.07 Å². The molecule has 9 atom stereocenters. The molecule has 0 spiro atoms. The van der Waals surface area contributed by atoms with E-state index >= 15 is 0 Å². The van der Waals surface area contributed by atoms with Gasteiger partial charge in [-0.1, -0.05) is 27.7 Å². The summed E-state index contributed by atoms with van der Waals surface area (Å²) >= 11 is 0. The second kappa shape index (κ2) is 8.97. The fourth-order valence-electron chi connectivity index (χ4n) is 9.36. The van der Waals surface area contributed by atoms with Crippen LogP contribution in [0.1, 0.15) is 97.0 Å². The molecule has 1 heterocycles. The highest BCUT2D eigenvalue weighted by Crippen LogP contribution is 2.70. The Morgan fingerprint density at radius 1 is 1.08 bits per heavy atom. The average molecular weight is 499 g/mol. The second-order valence-corrected chi connectivity index (χ2v) is 13.5. The maximum Gasteiger partial charge on any atom is 0.335 e. The summed E-state index contributed by atoms with van der Waals surface area (Å²) < 4.78 is 5.22. The number of likely N-dealkylation sites (N-methyl/N-ethyl adjacent to an activating group) is 1. The van der Waals surface area contributed by atoms with Gasteiger partial charge in [0.1, 0.15) is 0 Å². The molecule has 5 rings (SSSR count). The first-order chi connectivity index (χ1) is 16.9. The van der Waals surface area contributed by atoms with Crippen LogP contribution in [-0.4, -0.2) is 40.6 Å². The van der Waals surface area contributed by atoms with Gasteiger partial charge in [0.05, 0.1) is 17.9 Å². The SMILES string of the molecule is CC(C)[C@H](N)C(=O)N(C)[C@H]1CC[C@@]2(C)[C@H](CC[C@@H]3[C@@H]2CC[C@]2(C)[C@@H](c4ccc(=O)oc4)CC[C@]32O)C1. The van der Waals surface area contributed by atoms with Crippen LogP contribution in [0.4, 0.5) is 0 Å². The lowest BCUT2D eigenvalue weighted by atomic mass is 9.43. The van der Waals surface area contributed by atoms with Gasteiger partial charge >= 0.3 is 5.63 Å². The lowest BCUT2D eigenvalue weighted by Gasteiger charge is -2.64. The van der Waals surface area contributed by atoms with Gasteiger partial charge in [0.25, 0.3) is 0 Å². The van der Waals surface area contributed by atoms with Gasteiger partial charge in [-0.25, -0.2) is 4.79 Å². The van der Waals surface area contributed by atoms with Gasteiger partial charge < -0.3 is 20.2 Å². The molecular formula is C30H46N2O4. The lowest BCUT2D eigenvalue weighted by Crippen LogP contribution is -2.62. The van der Waals surface area contributed by atoms with Crippen LogP contribution in [0.5, 0.6) is 0 Å². The second-order valence-electron chi connectivity index (χ2n) is 13.5. The zero-order chi connectivity index (χ0) is 26.0. The number of hydrogen-bond donors (Lipinski definition) is 2. The molecule has 4 aliphatic rings. The third-order valence-corrected chi connectivity index (χ3v) is 11.8. The summed E-state index contributed by atoms with van der Waals surface area (Å²) in [4.78, 5) is 26.5. The monoisotopic (exact) mass is 498 g/mol. The number of carbonyl (C=O) groups is 1. The van der Waals surface area contributed by atoms with Crippen LogP contribution in [-0.2, 0) is 4.79 Å². The van der Waals surface area contributed by atoms with E-state index < -0.39 is 11.6 Å². The number of rotatable bonds is 4. The van der Waals surface area contributed by atoms with Gasteiger partial charge in [0.2, 0.25) is 5.91 Å². The van der Waals surface area contributed by atoms with E-state index in [-0.39, 0.29) is 40.2 Å². The first kappa shape index (κ1) is 26.0. The van der Waals surface area contributed by atoms with Crippen molar-refractivity contribution < 1.29 is 14.3 Å². The maximum absolute atomic E-state index is 13.0. The summed E-state index contributed by atoms with van der Waals surface area (Å²) in [7, 11) is 1.95. The number of carbonyl (C=O) groups excluding carboxylic acids is 1. The fraction of sp³-hybridized carbons (Fsp3) is 0.800. The lowest BCUT2D eigenvalue weighted by molar-refractivity contribution is -0.203. The van der Waals surface area contributed by atoms with Crippen molar-refractivity contribution in [3.8, 4) is 0 Å². The topological polar surface area (TPSA) is 96.8 Å². The Morgan fingerprint density at radius 3 is 2.50 bits per heavy atom. The molecule has 0 radical (unpaired) electrons. The summed E-state index contributed by atoms with van der Waals surface area (Å²) in [6.07, 6.45) is 10.9. The molecule has 1 aromatic heterocycles. The number of amides is 1. The molecule has 0 unspecified atom stereocenters. The van der Waals surface area contributed by atoms with Gasteiger partial charge in [-0.3, -0.25) is 4.79 Å². The van der Waals surface area contributed by atoms with Crippen molar-refractivity contribution in [3.63, 3.8) is 0 Å². The van der Waals surface area contributed by atoms with Crippen molar-refractivity contribution >= 4 is 5.91 Å².